The van der Waals surface area contributed by atoms with Gasteiger partial charge in [0.1, 0.15) is 0 Å². The topological polar surface area (TPSA) is 83.3 Å². The van der Waals surface area contributed by atoms with Gasteiger partial charge in [-0.3, -0.25) is 10.1 Å². The summed E-state index contributed by atoms with van der Waals surface area (Å²) in [5, 5.41) is 20.9. The quantitative estimate of drug-likeness (QED) is 0.358. The van der Waals surface area contributed by atoms with Crippen molar-refractivity contribution in [2.24, 2.45) is 0 Å². The Labute approximate surface area is 93.0 Å². The third-order valence-electron chi connectivity index (χ3n) is 1.58. The standard InChI is InChI=1S/C8H6INO4/c9-7(8(11)12)5-2-1-3-6(4-5)10(13)14/h1-4,7H,(H,11,12)/p-1. The van der Waals surface area contributed by atoms with Crippen molar-refractivity contribution in [1.29, 1.82) is 0 Å². The SMILES string of the molecule is O=C([O-])C(I)c1cccc([N+](=O)[O-])c1. The summed E-state index contributed by atoms with van der Waals surface area (Å²) in [5.41, 5.74) is 0.241. The van der Waals surface area contributed by atoms with Gasteiger partial charge in [0.2, 0.25) is 0 Å². The van der Waals surface area contributed by atoms with Crippen molar-refractivity contribution in [3.63, 3.8) is 0 Å². The van der Waals surface area contributed by atoms with Gasteiger partial charge in [0, 0.05) is 12.1 Å². The number of carbonyl (C=O) groups excluding carboxylic acids is 1. The summed E-state index contributed by atoms with van der Waals surface area (Å²) in [4.78, 5) is 20.3. The lowest BCUT2D eigenvalue weighted by Gasteiger charge is -2.10. The number of hydrogen-bond donors (Lipinski definition) is 0. The van der Waals surface area contributed by atoms with Crippen molar-refractivity contribution in [3.8, 4) is 0 Å². The van der Waals surface area contributed by atoms with Gasteiger partial charge in [0.05, 0.1) is 14.8 Å². The lowest BCUT2D eigenvalue weighted by atomic mass is 10.1. The molecule has 0 aliphatic rings. The van der Waals surface area contributed by atoms with Crippen LogP contribution in [0.3, 0.4) is 0 Å². The number of aliphatic carboxylic acids is 1. The fourth-order valence-corrected chi connectivity index (χ4v) is 1.32. The zero-order valence-corrected chi connectivity index (χ0v) is 9.00. The van der Waals surface area contributed by atoms with Crippen LogP contribution in [0.2, 0.25) is 0 Å². The highest BCUT2D eigenvalue weighted by atomic mass is 127. The minimum Gasteiger partial charge on any atom is -0.549 e. The maximum absolute atomic E-state index is 10.5. The van der Waals surface area contributed by atoms with Crippen molar-refractivity contribution in [2.45, 2.75) is 3.92 Å². The zero-order chi connectivity index (χ0) is 10.7. The van der Waals surface area contributed by atoms with Crippen LogP contribution in [0.25, 0.3) is 0 Å². The van der Waals surface area contributed by atoms with Gasteiger partial charge in [-0.05, 0) is 5.56 Å². The molecule has 1 atom stereocenters. The highest BCUT2D eigenvalue weighted by Crippen LogP contribution is 2.25. The predicted octanol–water partition coefficient (Wildman–Crippen LogP) is 0.821. The molecule has 1 rings (SSSR count). The highest BCUT2D eigenvalue weighted by molar-refractivity contribution is 14.1. The maximum Gasteiger partial charge on any atom is 0.269 e. The number of benzene rings is 1. The minimum absolute atomic E-state index is 0.120. The van der Waals surface area contributed by atoms with Gasteiger partial charge in [-0.2, -0.15) is 0 Å². The van der Waals surface area contributed by atoms with E-state index in [9.17, 15) is 20.0 Å². The summed E-state index contributed by atoms with van der Waals surface area (Å²) in [6.07, 6.45) is 0. The molecule has 6 heteroatoms. The van der Waals surface area contributed by atoms with Gasteiger partial charge in [-0.25, -0.2) is 0 Å². The first-order valence-corrected chi connectivity index (χ1v) is 4.86. The Bertz CT molecular complexity index is 379. The Morgan fingerprint density at radius 3 is 2.64 bits per heavy atom. The lowest BCUT2D eigenvalue weighted by molar-refractivity contribution is -0.384. The van der Waals surface area contributed by atoms with E-state index in [1.54, 1.807) is 22.6 Å². The second-order valence-corrected chi connectivity index (χ2v) is 3.78. The largest absolute Gasteiger partial charge is 0.549 e. The predicted molar refractivity (Wildman–Crippen MR) is 54.9 cm³/mol. The molecule has 5 nitrogen and oxygen atoms in total. The molecule has 1 unspecified atom stereocenters. The van der Waals surface area contributed by atoms with Crippen LogP contribution in [0.1, 0.15) is 9.49 Å². The van der Waals surface area contributed by atoms with E-state index in [4.69, 9.17) is 0 Å². The Hall–Kier alpha value is -1.18. The molecular weight excluding hydrogens is 301 g/mol. The van der Waals surface area contributed by atoms with E-state index in [0.29, 0.717) is 5.56 Å². The molecule has 0 saturated carbocycles. The van der Waals surface area contributed by atoms with Crippen molar-refractivity contribution >= 4 is 34.2 Å². The Morgan fingerprint density at radius 2 is 2.14 bits per heavy atom. The molecule has 0 saturated heterocycles. The molecule has 0 spiro atoms. The Kier molecular flexibility index (Phi) is 3.39. The van der Waals surface area contributed by atoms with Crippen molar-refractivity contribution < 1.29 is 14.8 Å². The molecule has 0 bridgehead atoms. The number of non-ortho nitro benzene ring substituents is 1. The average molecular weight is 306 g/mol. The summed E-state index contributed by atoms with van der Waals surface area (Å²) in [6.45, 7) is 0. The first-order chi connectivity index (χ1) is 6.52. The van der Waals surface area contributed by atoms with Crippen LogP contribution in [0.4, 0.5) is 5.69 Å². The third kappa shape index (κ3) is 2.41. The zero-order valence-electron chi connectivity index (χ0n) is 6.84. The van der Waals surface area contributed by atoms with Crippen LogP contribution < -0.4 is 5.11 Å². The number of nitro benzene ring substituents is 1. The molecule has 0 aliphatic carbocycles. The number of halogens is 1. The number of carboxylic acid groups (broad SMARTS) is 1. The van der Waals surface area contributed by atoms with E-state index < -0.39 is 14.8 Å². The lowest BCUT2D eigenvalue weighted by Crippen LogP contribution is -2.26. The number of rotatable bonds is 3. The fraction of sp³-hybridized carbons (Fsp3) is 0.125. The summed E-state index contributed by atoms with van der Waals surface area (Å²) < 4.78 is -0.868. The van der Waals surface area contributed by atoms with Gasteiger partial charge < -0.3 is 9.90 Å². The van der Waals surface area contributed by atoms with E-state index in [-0.39, 0.29) is 5.69 Å². The van der Waals surface area contributed by atoms with Crippen LogP contribution in [-0.4, -0.2) is 10.9 Å². The van der Waals surface area contributed by atoms with E-state index in [1.807, 2.05) is 0 Å². The second-order valence-electron chi connectivity index (χ2n) is 2.53. The smallest absolute Gasteiger partial charge is 0.269 e. The monoisotopic (exact) mass is 306 g/mol. The summed E-state index contributed by atoms with van der Waals surface area (Å²) in [6, 6.07) is 5.50. The molecule has 0 amide bonds. The highest BCUT2D eigenvalue weighted by Gasteiger charge is 2.12. The van der Waals surface area contributed by atoms with Gasteiger partial charge in [0.15, 0.2) is 0 Å². The normalized spacial score (nSPS) is 12.1. The van der Waals surface area contributed by atoms with Gasteiger partial charge in [-0.15, -0.1) is 0 Å². The van der Waals surface area contributed by atoms with Crippen molar-refractivity contribution in [2.75, 3.05) is 0 Å². The van der Waals surface area contributed by atoms with E-state index in [1.165, 1.54) is 24.3 Å². The number of carboxylic acids is 1. The molecule has 0 aliphatic heterocycles. The minimum atomic E-state index is -1.26. The molecule has 0 N–H and O–H groups in total. The maximum atomic E-state index is 10.5. The molecule has 0 aromatic heterocycles. The van der Waals surface area contributed by atoms with Crippen molar-refractivity contribution in [3.05, 3.63) is 39.9 Å². The van der Waals surface area contributed by atoms with Crippen LogP contribution in [0.5, 0.6) is 0 Å². The molecule has 0 fully saturated rings. The number of nitrogens with zero attached hydrogens (tertiary/aromatic N) is 1. The number of nitro groups is 1. The second kappa shape index (κ2) is 4.36. The first-order valence-electron chi connectivity index (χ1n) is 3.61. The van der Waals surface area contributed by atoms with Crippen LogP contribution in [0, 0.1) is 10.1 Å². The van der Waals surface area contributed by atoms with Gasteiger partial charge >= 0.3 is 0 Å². The first kappa shape index (κ1) is 10.9. The average Bonchev–Trinajstić information content (AvgIpc) is 2.16. The third-order valence-corrected chi connectivity index (χ3v) is 2.81. The molecule has 1 aromatic rings. The molecule has 14 heavy (non-hydrogen) atoms. The van der Waals surface area contributed by atoms with Gasteiger partial charge in [0.25, 0.3) is 5.69 Å². The van der Waals surface area contributed by atoms with Crippen LogP contribution in [0.15, 0.2) is 24.3 Å². The van der Waals surface area contributed by atoms with E-state index in [2.05, 4.69) is 0 Å². The molecule has 0 heterocycles. The number of alkyl halides is 1. The van der Waals surface area contributed by atoms with E-state index >= 15 is 0 Å². The van der Waals surface area contributed by atoms with Crippen LogP contribution in [-0.2, 0) is 4.79 Å². The van der Waals surface area contributed by atoms with Crippen LogP contribution >= 0.6 is 22.6 Å². The molecular formula is C8H5INO4-. The van der Waals surface area contributed by atoms with Gasteiger partial charge in [-0.1, -0.05) is 34.7 Å². The summed E-state index contributed by atoms with van der Waals surface area (Å²) >= 11 is 1.65. The fourth-order valence-electron chi connectivity index (χ4n) is 0.932. The molecule has 0 radical (unpaired) electrons. The molecule has 74 valence electrons. The number of carbonyl (C=O) groups is 1. The molecule has 1 aromatic carbocycles. The van der Waals surface area contributed by atoms with Crippen molar-refractivity contribution in [1.82, 2.24) is 0 Å². The summed E-state index contributed by atoms with van der Waals surface area (Å²) in [5.74, 6) is -1.26. The summed E-state index contributed by atoms with van der Waals surface area (Å²) in [7, 11) is 0. The Balaban J connectivity index is 3.05. The van der Waals surface area contributed by atoms with E-state index in [0.717, 1.165) is 0 Å². The number of hydrogen-bond acceptors (Lipinski definition) is 4. The Morgan fingerprint density at radius 1 is 1.50 bits per heavy atom.